The molecule has 0 N–H and O–H groups in total. The van der Waals surface area contributed by atoms with Crippen LogP contribution in [0.2, 0.25) is 0 Å². The Morgan fingerprint density at radius 1 is 1.24 bits per heavy atom. The van der Waals surface area contributed by atoms with Gasteiger partial charge in [-0.1, -0.05) is 31.4 Å². The number of para-hydroxylation sites is 2. The summed E-state index contributed by atoms with van der Waals surface area (Å²) in [5.74, 6) is 0.785. The standard InChI is InChI=1S/C20H28N2O3/c1-3-21(16-9-5-4-6-10-16)19(23)13-14-22-17-11-7-8-12-18(17)25-15(2)20(22)24/h7-8,11-12,15-16H,3-6,9-10,13-14H2,1-2H3. The smallest absolute Gasteiger partial charge is 0.267 e. The molecular formula is C20H28N2O3. The molecular weight excluding hydrogens is 316 g/mol. The van der Waals surface area contributed by atoms with Crippen molar-refractivity contribution in [2.24, 2.45) is 0 Å². The molecule has 2 aliphatic rings. The number of rotatable bonds is 5. The number of carbonyl (C=O) groups is 2. The minimum Gasteiger partial charge on any atom is -0.479 e. The fourth-order valence-corrected chi connectivity index (χ4v) is 3.97. The summed E-state index contributed by atoms with van der Waals surface area (Å²) in [7, 11) is 0. The van der Waals surface area contributed by atoms with Crippen LogP contribution in [0.4, 0.5) is 5.69 Å². The molecule has 0 aromatic heterocycles. The number of nitrogens with zero attached hydrogens (tertiary/aromatic N) is 2. The summed E-state index contributed by atoms with van der Waals surface area (Å²) in [6.45, 7) is 4.95. The number of hydrogen-bond donors (Lipinski definition) is 0. The van der Waals surface area contributed by atoms with Crippen LogP contribution >= 0.6 is 0 Å². The second kappa shape index (κ2) is 7.89. The lowest BCUT2D eigenvalue weighted by molar-refractivity contribution is -0.133. The van der Waals surface area contributed by atoms with Gasteiger partial charge in [0.1, 0.15) is 5.75 Å². The summed E-state index contributed by atoms with van der Waals surface area (Å²) < 4.78 is 5.66. The van der Waals surface area contributed by atoms with Gasteiger partial charge in [-0.2, -0.15) is 0 Å². The molecule has 5 nitrogen and oxygen atoms in total. The highest BCUT2D eigenvalue weighted by Crippen LogP contribution is 2.33. The van der Waals surface area contributed by atoms with Crippen LogP contribution in [0, 0.1) is 0 Å². The Balaban J connectivity index is 1.67. The second-order valence-electron chi connectivity index (χ2n) is 6.94. The zero-order chi connectivity index (χ0) is 17.8. The van der Waals surface area contributed by atoms with E-state index in [4.69, 9.17) is 4.74 Å². The maximum absolute atomic E-state index is 12.8. The van der Waals surface area contributed by atoms with Crippen LogP contribution in [0.25, 0.3) is 0 Å². The molecule has 25 heavy (non-hydrogen) atoms. The molecule has 3 rings (SSSR count). The first kappa shape index (κ1) is 17.8. The van der Waals surface area contributed by atoms with E-state index in [9.17, 15) is 9.59 Å². The summed E-state index contributed by atoms with van der Waals surface area (Å²) in [5, 5.41) is 0. The molecule has 136 valence electrons. The van der Waals surface area contributed by atoms with E-state index in [0.29, 0.717) is 24.8 Å². The van der Waals surface area contributed by atoms with Gasteiger partial charge in [0.05, 0.1) is 5.69 Å². The van der Waals surface area contributed by atoms with E-state index in [-0.39, 0.29) is 11.8 Å². The molecule has 1 aromatic carbocycles. The van der Waals surface area contributed by atoms with E-state index in [0.717, 1.165) is 25.1 Å². The fraction of sp³-hybridized carbons (Fsp3) is 0.600. The molecule has 0 bridgehead atoms. The molecule has 1 aliphatic heterocycles. The van der Waals surface area contributed by atoms with Gasteiger partial charge in [0.15, 0.2) is 6.10 Å². The highest BCUT2D eigenvalue weighted by molar-refractivity contribution is 6.00. The summed E-state index contributed by atoms with van der Waals surface area (Å²) in [4.78, 5) is 29.0. The van der Waals surface area contributed by atoms with Gasteiger partial charge >= 0.3 is 0 Å². The van der Waals surface area contributed by atoms with Gasteiger partial charge in [-0.3, -0.25) is 9.59 Å². The van der Waals surface area contributed by atoms with Crippen LogP contribution in [-0.2, 0) is 9.59 Å². The van der Waals surface area contributed by atoms with Crippen molar-refractivity contribution in [3.63, 3.8) is 0 Å². The molecule has 1 aliphatic carbocycles. The average Bonchev–Trinajstić information content (AvgIpc) is 2.63. The molecule has 0 spiro atoms. The van der Waals surface area contributed by atoms with Gasteiger partial charge < -0.3 is 14.5 Å². The molecule has 2 amide bonds. The summed E-state index contributed by atoms with van der Waals surface area (Å²) in [6.07, 6.45) is 5.76. The summed E-state index contributed by atoms with van der Waals surface area (Å²) >= 11 is 0. The molecule has 1 heterocycles. The predicted molar refractivity (Wildman–Crippen MR) is 97.8 cm³/mol. The first-order chi connectivity index (χ1) is 12.1. The third-order valence-corrected chi connectivity index (χ3v) is 5.30. The molecule has 1 atom stereocenters. The minimum absolute atomic E-state index is 0.0767. The van der Waals surface area contributed by atoms with Crippen LogP contribution in [0.3, 0.4) is 0 Å². The number of benzene rings is 1. The minimum atomic E-state index is -0.509. The molecule has 1 saturated carbocycles. The third-order valence-electron chi connectivity index (χ3n) is 5.30. The van der Waals surface area contributed by atoms with Crippen LogP contribution in [-0.4, -0.2) is 41.9 Å². The van der Waals surface area contributed by atoms with Crippen molar-refractivity contribution in [2.45, 2.75) is 64.5 Å². The normalized spacial score (nSPS) is 20.8. The van der Waals surface area contributed by atoms with Crippen LogP contribution < -0.4 is 9.64 Å². The zero-order valence-electron chi connectivity index (χ0n) is 15.2. The van der Waals surface area contributed by atoms with Gasteiger partial charge in [-0.15, -0.1) is 0 Å². The van der Waals surface area contributed by atoms with E-state index in [1.807, 2.05) is 36.1 Å². The Morgan fingerprint density at radius 3 is 2.68 bits per heavy atom. The Labute approximate surface area is 149 Å². The van der Waals surface area contributed by atoms with Crippen molar-refractivity contribution >= 4 is 17.5 Å². The second-order valence-corrected chi connectivity index (χ2v) is 6.94. The number of hydrogen-bond acceptors (Lipinski definition) is 3. The van der Waals surface area contributed by atoms with Crippen molar-refractivity contribution in [1.29, 1.82) is 0 Å². The molecule has 5 heteroatoms. The number of ether oxygens (including phenoxy) is 1. The van der Waals surface area contributed by atoms with E-state index in [1.54, 1.807) is 11.8 Å². The first-order valence-corrected chi connectivity index (χ1v) is 9.48. The van der Waals surface area contributed by atoms with Crippen molar-refractivity contribution in [3.8, 4) is 5.75 Å². The Kier molecular flexibility index (Phi) is 5.61. The lowest BCUT2D eigenvalue weighted by atomic mass is 9.94. The number of amides is 2. The molecule has 0 saturated heterocycles. The quantitative estimate of drug-likeness (QED) is 0.823. The number of anilines is 1. The van der Waals surface area contributed by atoms with Gasteiger partial charge in [-0.25, -0.2) is 0 Å². The largest absolute Gasteiger partial charge is 0.479 e. The molecule has 1 fully saturated rings. The topological polar surface area (TPSA) is 49.9 Å². The first-order valence-electron chi connectivity index (χ1n) is 9.48. The molecule has 1 aromatic rings. The molecule has 1 unspecified atom stereocenters. The maximum Gasteiger partial charge on any atom is 0.267 e. The van der Waals surface area contributed by atoms with Crippen LogP contribution in [0.5, 0.6) is 5.75 Å². The summed E-state index contributed by atoms with van der Waals surface area (Å²) in [6, 6.07) is 7.90. The van der Waals surface area contributed by atoms with Crippen LogP contribution in [0.15, 0.2) is 24.3 Å². The number of carbonyl (C=O) groups excluding carboxylic acids is 2. The van der Waals surface area contributed by atoms with E-state index in [2.05, 4.69) is 0 Å². The Morgan fingerprint density at radius 2 is 1.96 bits per heavy atom. The highest BCUT2D eigenvalue weighted by Gasteiger charge is 2.32. The van der Waals surface area contributed by atoms with Crippen LogP contribution in [0.1, 0.15) is 52.4 Å². The van der Waals surface area contributed by atoms with Gasteiger partial charge in [0.2, 0.25) is 5.91 Å². The predicted octanol–water partition coefficient (Wildman–Crippen LogP) is 3.37. The Bertz CT molecular complexity index is 625. The fourth-order valence-electron chi connectivity index (χ4n) is 3.97. The van der Waals surface area contributed by atoms with E-state index in [1.165, 1.54) is 19.3 Å². The Hall–Kier alpha value is -2.04. The SMILES string of the molecule is CCN(C(=O)CCN1C(=O)C(C)Oc2ccccc21)C1CCCCC1. The van der Waals surface area contributed by atoms with Crippen molar-refractivity contribution in [2.75, 3.05) is 18.0 Å². The van der Waals surface area contributed by atoms with Gasteiger partial charge in [0.25, 0.3) is 5.91 Å². The van der Waals surface area contributed by atoms with Crippen molar-refractivity contribution < 1.29 is 14.3 Å². The summed E-state index contributed by atoms with van der Waals surface area (Å²) in [5.41, 5.74) is 0.763. The monoisotopic (exact) mass is 344 g/mol. The van der Waals surface area contributed by atoms with E-state index >= 15 is 0 Å². The lowest BCUT2D eigenvalue weighted by Crippen LogP contribution is -2.47. The highest BCUT2D eigenvalue weighted by atomic mass is 16.5. The number of fused-ring (bicyclic) bond motifs is 1. The average molecular weight is 344 g/mol. The van der Waals surface area contributed by atoms with Gasteiger partial charge in [-0.05, 0) is 38.8 Å². The maximum atomic E-state index is 12.8. The molecule has 0 radical (unpaired) electrons. The van der Waals surface area contributed by atoms with Crippen molar-refractivity contribution in [1.82, 2.24) is 4.90 Å². The third kappa shape index (κ3) is 3.80. The lowest BCUT2D eigenvalue weighted by Gasteiger charge is -2.35. The van der Waals surface area contributed by atoms with Gasteiger partial charge in [0, 0.05) is 25.6 Å². The van der Waals surface area contributed by atoms with Crippen molar-refractivity contribution in [3.05, 3.63) is 24.3 Å². The van der Waals surface area contributed by atoms with E-state index < -0.39 is 6.10 Å². The zero-order valence-corrected chi connectivity index (χ0v) is 15.2.